The number of anilines is 1. The van der Waals surface area contributed by atoms with Crippen LogP contribution < -0.4 is 5.32 Å². The van der Waals surface area contributed by atoms with Gasteiger partial charge in [-0.3, -0.25) is 0 Å². The molecule has 1 rings (SSSR count). The Morgan fingerprint density at radius 3 is 2.12 bits per heavy atom. The topological polar surface area (TPSA) is 12.0 Å². The monoisotopic (exact) mass is 263 g/mol. The van der Waals surface area contributed by atoms with Crippen molar-refractivity contribution in [1.29, 1.82) is 0 Å². The van der Waals surface area contributed by atoms with Gasteiger partial charge in [0.2, 0.25) is 0 Å². The normalized spacial score (nSPS) is 12.9. The zero-order valence-electron chi connectivity index (χ0n) is 9.65. The van der Waals surface area contributed by atoms with Crippen molar-refractivity contribution in [2.45, 2.75) is 33.2 Å². The van der Waals surface area contributed by atoms with E-state index in [1.807, 2.05) is 0 Å². The molecular formula is C12H16Cl2FN. The fourth-order valence-corrected chi connectivity index (χ4v) is 2.18. The number of nitrogens with one attached hydrogen (secondary N) is 1. The molecule has 1 N–H and O–H groups in total. The summed E-state index contributed by atoms with van der Waals surface area (Å²) in [5.74, 6) is 0.0410. The third kappa shape index (κ3) is 3.84. The van der Waals surface area contributed by atoms with E-state index in [-0.39, 0.29) is 10.0 Å². The number of halogens is 3. The molecule has 0 aliphatic rings. The summed E-state index contributed by atoms with van der Waals surface area (Å²) < 4.78 is 13.2. The summed E-state index contributed by atoms with van der Waals surface area (Å²) in [6, 6.07) is 3.41. The summed E-state index contributed by atoms with van der Waals surface area (Å²) in [7, 11) is 0. The molecule has 0 saturated heterocycles. The van der Waals surface area contributed by atoms with Gasteiger partial charge < -0.3 is 5.32 Å². The summed E-state index contributed by atoms with van der Waals surface area (Å²) in [5.41, 5.74) is 0.754. The van der Waals surface area contributed by atoms with E-state index < -0.39 is 5.82 Å². The van der Waals surface area contributed by atoms with Gasteiger partial charge in [0, 0.05) is 11.7 Å². The second-order valence-corrected chi connectivity index (χ2v) is 5.24. The van der Waals surface area contributed by atoms with Gasteiger partial charge in [-0.25, -0.2) is 4.39 Å². The third-order valence-corrected chi connectivity index (χ3v) is 2.77. The first-order valence-corrected chi connectivity index (χ1v) is 6.06. The first-order chi connectivity index (χ1) is 7.40. The zero-order valence-corrected chi connectivity index (χ0v) is 11.2. The molecule has 4 heteroatoms. The van der Waals surface area contributed by atoms with Gasteiger partial charge in [0.05, 0.1) is 10.0 Å². The Hall–Kier alpha value is -0.470. The Morgan fingerprint density at radius 2 is 1.69 bits per heavy atom. The van der Waals surface area contributed by atoms with E-state index in [1.165, 1.54) is 0 Å². The van der Waals surface area contributed by atoms with Crippen LogP contribution in [-0.4, -0.2) is 6.04 Å². The van der Waals surface area contributed by atoms with Crippen molar-refractivity contribution >= 4 is 28.9 Å². The molecule has 1 unspecified atom stereocenters. The zero-order chi connectivity index (χ0) is 12.3. The molecule has 16 heavy (non-hydrogen) atoms. The summed E-state index contributed by atoms with van der Waals surface area (Å²) in [5, 5.41) is 3.34. The molecule has 0 aromatic heterocycles. The van der Waals surface area contributed by atoms with E-state index in [2.05, 4.69) is 26.1 Å². The van der Waals surface area contributed by atoms with E-state index in [0.29, 0.717) is 12.0 Å². The van der Waals surface area contributed by atoms with Crippen LogP contribution in [0.25, 0.3) is 0 Å². The van der Waals surface area contributed by atoms with Gasteiger partial charge in [0.15, 0.2) is 5.82 Å². The van der Waals surface area contributed by atoms with Crippen LogP contribution in [0.2, 0.25) is 10.0 Å². The third-order valence-electron chi connectivity index (χ3n) is 2.22. The number of hydrogen-bond donors (Lipinski definition) is 1. The van der Waals surface area contributed by atoms with Crippen LogP contribution in [0.3, 0.4) is 0 Å². The quantitative estimate of drug-likeness (QED) is 0.756. The summed E-state index contributed by atoms with van der Waals surface area (Å²) in [6.07, 6.45) is 1.03. The molecule has 0 fully saturated rings. The predicted octanol–water partition coefficient (Wildman–Crippen LogP) is 4.98. The fraction of sp³-hybridized carbons (Fsp3) is 0.500. The Kier molecular flexibility index (Phi) is 4.88. The predicted molar refractivity (Wildman–Crippen MR) is 69.0 cm³/mol. The Morgan fingerprint density at radius 1 is 1.19 bits per heavy atom. The maximum atomic E-state index is 13.2. The summed E-state index contributed by atoms with van der Waals surface area (Å²) >= 11 is 11.4. The molecule has 1 aromatic rings. The van der Waals surface area contributed by atoms with Crippen molar-refractivity contribution in [2.75, 3.05) is 5.32 Å². The first-order valence-electron chi connectivity index (χ1n) is 5.31. The molecule has 0 spiro atoms. The maximum Gasteiger partial charge on any atom is 0.160 e. The van der Waals surface area contributed by atoms with Crippen molar-refractivity contribution in [1.82, 2.24) is 0 Å². The molecule has 0 saturated carbocycles. The molecule has 90 valence electrons. The standard InChI is InChI=1S/C12H16Cl2FN/c1-7(2)4-8(3)16-9-5-10(13)12(15)11(14)6-9/h5-8,16H,4H2,1-3H3. The molecule has 1 atom stereocenters. The molecule has 1 aromatic carbocycles. The van der Waals surface area contributed by atoms with Crippen molar-refractivity contribution in [3.05, 3.63) is 28.0 Å². The molecule has 0 aliphatic carbocycles. The molecule has 0 amide bonds. The van der Waals surface area contributed by atoms with Crippen molar-refractivity contribution in [3.8, 4) is 0 Å². The lowest BCUT2D eigenvalue weighted by atomic mass is 10.1. The highest BCUT2D eigenvalue weighted by Gasteiger charge is 2.10. The number of rotatable bonds is 4. The smallest absolute Gasteiger partial charge is 0.160 e. The van der Waals surface area contributed by atoms with Crippen LogP contribution in [0.4, 0.5) is 10.1 Å². The molecule has 0 aliphatic heterocycles. The van der Waals surface area contributed by atoms with Gasteiger partial charge in [0.1, 0.15) is 0 Å². The summed E-state index contributed by atoms with van der Waals surface area (Å²) in [4.78, 5) is 0. The van der Waals surface area contributed by atoms with Crippen LogP contribution in [0, 0.1) is 11.7 Å². The molecule has 1 nitrogen and oxygen atoms in total. The minimum absolute atomic E-state index is 0.0479. The lowest BCUT2D eigenvalue weighted by molar-refractivity contribution is 0.539. The van der Waals surface area contributed by atoms with Gasteiger partial charge in [-0.05, 0) is 31.4 Å². The van der Waals surface area contributed by atoms with Crippen LogP contribution >= 0.6 is 23.2 Å². The highest BCUT2D eigenvalue weighted by molar-refractivity contribution is 6.35. The van der Waals surface area contributed by atoms with Crippen molar-refractivity contribution in [2.24, 2.45) is 5.92 Å². The highest BCUT2D eigenvalue weighted by Crippen LogP contribution is 2.28. The SMILES string of the molecule is CC(C)CC(C)Nc1cc(Cl)c(F)c(Cl)c1. The van der Waals surface area contributed by atoms with Gasteiger partial charge in [-0.1, -0.05) is 37.0 Å². The average Bonchev–Trinajstić information content (AvgIpc) is 2.12. The number of benzene rings is 1. The van der Waals surface area contributed by atoms with Crippen LogP contribution in [0.15, 0.2) is 12.1 Å². The fourth-order valence-electron chi connectivity index (χ4n) is 1.69. The number of hydrogen-bond acceptors (Lipinski definition) is 1. The van der Waals surface area contributed by atoms with Crippen LogP contribution in [-0.2, 0) is 0 Å². The van der Waals surface area contributed by atoms with E-state index in [4.69, 9.17) is 23.2 Å². The molecule has 0 radical (unpaired) electrons. The minimum Gasteiger partial charge on any atom is -0.382 e. The van der Waals surface area contributed by atoms with Gasteiger partial charge in [0.25, 0.3) is 0 Å². The average molecular weight is 264 g/mol. The van der Waals surface area contributed by atoms with Gasteiger partial charge >= 0.3 is 0 Å². The lowest BCUT2D eigenvalue weighted by Gasteiger charge is -2.17. The molecular weight excluding hydrogens is 248 g/mol. The van der Waals surface area contributed by atoms with Crippen molar-refractivity contribution in [3.63, 3.8) is 0 Å². The maximum absolute atomic E-state index is 13.2. The van der Waals surface area contributed by atoms with Crippen LogP contribution in [0.5, 0.6) is 0 Å². The van der Waals surface area contributed by atoms with Gasteiger partial charge in [-0.15, -0.1) is 0 Å². The highest BCUT2D eigenvalue weighted by atomic mass is 35.5. The minimum atomic E-state index is -0.564. The molecule has 0 bridgehead atoms. The lowest BCUT2D eigenvalue weighted by Crippen LogP contribution is -2.17. The van der Waals surface area contributed by atoms with Crippen LogP contribution in [0.1, 0.15) is 27.2 Å². The largest absolute Gasteiger partial charge is 0.382 e. The first kappa shape index (κ1) is 13.6. The molecule has 0 heterocycles. The van der Waals surface area contributed by atoms with Gasteiger partial charge in [-0.2, -0.15) is 0 Å². The second-order valence-electron chi connectivity index (χ2n) is 4.43. The van der Waals surface area contributed by atoms with Crippen molar-refractivity contribution < 1.29 is 4.39 Å². The second kappa shape index (κ2) is 5.74. The van der Waals surface area contributed by atoms with E-state index in [1.54, 1.807) is 12.1 Å². The Balaban J connectivity index is 2.74. The Bertz CT molecular complexity index is 343. The van der Waals surface area contributed by atoms with E-state index in [0.717, 1.165) is 12.1 Å². The Labute approximate surface area is 106 Å². The van der Waals surface area contributed by atoms with E-state index in [9.17, 15) is 4.39 Å². The van der Waals surface area contributed by atoms with E-state index >= 15 is 0 Å². The summed E-state index contributed by atoms with van der Waals surface area (Å²) in [6.45, 7) is 6.39.